The molecular weight excluding hydrogens is 215 g/mol. The number of halogens is 3. The minimum atomic E-state index is -4.20. The third kappa shape index (κ3) is 2.98. The van der Waals surface area contributed by atoms with Crippen LogP contribution in [-0.4, -0.2) is 6.18 Å². The average Bonchev–Trinajstić information content (AvgIpc) is 2.98. The van der Waals surface area contributed by atoms with Crippen molar-refractivity contribution < 1.29 is 13.2 Å². The van der Waals surface area contributed by atoms with Crippen molar-refractivity contribution in [3.63, 3.8) is 0 Å². The van der Waals surface area contributed by atoms with Crippen LogP contribution in [0.5, 0.6) is 0 Å². The molecule has 0 aromatic heterocycles. The van der Waals surface area contributed by atoms with Crippen molar-refractivity contribution in [3.8, 4) is 0 Å². The minimum Gasteiger partial charge on any atom is -0.324 e. The van der Waals surface area contributed by atoms with Crippen LogP contribution in [0, 0.1) is 0 Å². The molecule has 4 heteroatoms. The van der Waals surface area contributed by atoms with Crippen molar-refractivity contribution in [2.24, 2.45) is 5.73 Å². The molecular formula is C12H14F3N. The lowest BCUT2D eigenvalue weighted by atomic mass is 10.00. The number of alkyl halides is 3. The molecule has 2 rings (SSSR count). The number of benzene rings is 1. The zero-order valence-electron chi connectivity index (χ0n) is 8.80. The second-order valence-electron chi connectivity index (χ2n) is 4.37. The third-order valence-electron chi connectivity index (χ3n) is 2.84. The van der Waals surface area contributed by atoms with Crippen LogP contribution in [0.15, 0.2) is 24.3 Å². The van der Waals surface area contributed by atoms with Gasteiger partial charge in [0, 0.05) is 6.04 Å². The van der Waals surface area contributed by atoms with E-state index in [1.807, 2.05) is 12.1 Å². The fourth-order valence-electron chi connectivity index (χ4n) is 1.83. The lowest BCUT2D eigenvalue weighted by Gasteiger charge is -2.15. The Balaban J connectivity index is 2.10. The van der Waals surface area contributed by atoms with Gasteiger partial charge < -0.3 is 5.73 Å². The molecule has 0 heterocycles. The van der Waals surface area contributed by atoms with Gasteiger partial charge in [-0.3, -0.25) is 0 Å². The van der Waals surface area contributed by atoms with Crippen molar-refractivity contribution in [1.82, 2.24) is 0 Å². The molecule has 0 aliphatic heterocycles. The molecule has 1 aliphatic carbocycles. The summed E-state index contributed by atoms with van der Waals surface area (Å²) < 4.78 is 36.5. The Bertz CT molecular complexity index is 369. The van der Waals surface area contributed by atoms with Crippen LogP contribution in [0.2, 0.25) is 0 Å². The molecule has 1 atom stereocenters. The Morgan fingerprint density at radius 1 is 1.31 bits per heavy atom. The SMILES string of the molecule is N[C@@H](CC(F)(F)F)c1cccc(C2CC2)c1. The van der Waals surface area contributed by atoms with E-state index < -0.39 is 18.6 Å². The second-order valence-corrected chi connectivity index (χ2v) is 4.37. The summed E-state index contributed by atoms with van der Waals surface area (Å²) in [4.78, 5) is 0. The lowest BCUT2D eigenvalue weighted by molar-refractivity contribution is -0.138. The predicted molar refractivity (Wildman–Crippen MR) is 56.0 cm³/mol. The van der Waals surface area contributed by atoms with Gasteiger partial charge in [0.05, 0.1) is 6.42 Å². The molecule has 1 aromatic rings. The van der Waals surface area contributed by atoms with Crippen molar-refractivity contribution in [3.05, 3.63) is 35.4 Å². The van der Waals surface area contributed by atoms with Gasteiger partial charge in [0.15, 0.2) is 0 Å². The van der Waals surface area contributed by atoms with E-state index in [0.717, 1.165) is 18.4 Å². The Kier molecular flexibility index (Phi) is 2.93. The Morgan fingerprint density at radius 3 is 2.56 bits per heavy atom. The van der Waals surface area contributed by atoms with Crippen LogP contribution in [0.25, 0.3) is 0 Å². The summed E-state index contributed by atoms with van der Waals surface area (Å²) in [6, 6.07) is 6.29. The Labute approximate surface area is 92.5 Å². The molecule has 0 radical (unpaired) electrons. The van der Waals surface area contributed by atoms with E-state index in [-0.39, 0.29) is 0 Å². The van der Waals surface area contributed by atoms with E-state index in [1.54, 1.807) is 12.1 Å². The highest BCUT2D eigenvalue weighted by Gasteiger charge is 2.31. The zero-order chi connectivity index (χ0) is 11.8. The number of rotatable bonds is 3. The summed E-state index contributed by atoms with van der Waals surface area (Å²) in [7, 11) is 0. The van der Waals surface area contributed by atoms with Crippen LogP contribution in [0.1, 0.15) is 42.3 Å². The Morgan fingerprint density at radius 2 is 2.00 bits per heavy atom. The summed E-state index contributed by atoms with van der Waals surface area (Å²) in [5.74, 6) is 0.540. The molecule has 1 saturated carbocycles. The largest absolute Gasteiger partial charge is 0.390 e. The van der Waals surface area contributed by atoms with Gasteiger partial charge in [0.25, 0.3) is 0 Å². The van der Waals surface area contributed by atoms with E-state index in [0.29, 0.717) is 11.5 Å². The highest BCUT2D eigenvalue weighted by Crippen LogP contribution is 2.40. The van der Waals surface area contributed by atoms with Gasteiger partial charge in [0.1, 0.15) is 0 Å². The molecule has 0 saturated heterocycles. The van der Waals surface area contributed by atoms with Gasteiger partial charge in [-0.05, 0) is 29.9 Å². The standard InChI is InChI=1S/C12H14F3N/c13-12(14,15)7-11(16)10-3-1-2-9(6-10)8-4-5-8/h1-3,6,8,11H,4-5,7,16H2/t11-/m0/s1. The zero-order valence-corrected chi connectivity index (χ0v) is 8.80. The van der Waals surface area contributed by atoms with Crippen LogP contribution >= 0.6 is 0 Å². The molecule has 1 aromatic carbocycles. The first-order valence-corrected chi connectivity index (χ1v) is 5.38. The van der Waals surface area contributed by atoms with Crippen molar-refractivity contribution in [2.75, 3.05) is 0 Å². The molecule has 0 amide bonds. The number of hydrogen-bond donors (Lipinski definition) is 1. The topological polar surface area (TPSA) is 26.0 Å². The summed E-state index contributed by atoms with van der Waals surface area (Å²) in [6.07, 6.45) is -2.88. The fourth-order valence-corrected chi connectivity index (χ4v) is 1.83. The average molecular weight is 229 g/mol. The van der Waals surface area contributed by atoms with E-state index in [4.69, 9.17) is 5.73 Å². The molecule has 88 valence electrons. The monoisotopic (exact) mass is 229 g/mol. The summed E-state index contributed by atoms with van der Waals surface area (Å²) in [5.41, 5.74) is 7.26. The highest BCUT2D eigenvalue weighted by atomic mass is 19.4. The van der Waals surface area contributed by atoms with E-state index in [9.17, 15) is 13.2 Å². The Hall–Kier alpha value is -1.03. The first kappa shape index (κ1) is 11.5. The van der Waals surface area contributed by atoms with Crippen LogP contribution < -0.4 is 5.73 Å². The van der Waals surface area contributed by atoms with E-state index in [2.05, 4.69) is 0 Å². The summed E-state index contributed by atoms with van der Waals surface area (Å²) in [5, 5.41) is 0. The van der Waals surface area contributed by atoms with Gasteiger partial charge in [-0.25, -0.2) is 0 Å². The van der Waals surface area contributed by atoms with Crippen LogP contribution in [0.4, 0.5) is 13.2 Å². The van der Waals surface area contributed by atoms with Gasteiger partial charge in [0.2, 0.25) is 0 Å². The number of hydrogen-bond acceptors (Lipinski definition) is 1. The minimum absolute atomic E-state index is 0.540. The quantitative estimate of drug-likeness (QED) is 0.843. The van der Waals surface area contributed by atoms with Crippen molar-refractivity contribution >= 4 is 0 Å². The van der Waals surface area contributed by atoms with Gasteiger partial charge in [-0.1, -0.05) is 24.3 Å². The first-order chi connectivity index (χ1) is 7.46. The van der Waals surface area contributed by atoms with Crippen molar-refractivity contribution in [1.29, 1.82) is 0 Å². The van der Waals surface area contributed by atoms with Gasteiger partial charge >= 0.3 is 6.18 Å². The van der Waals surface area contributed by atoms with E-state index in [1.165, 1.54) is 0 Å². The lowest BCUT2D eigenvalue weighted by Crippen LogP contribution is -2.20. The maximum Gasteiger partial charge on any atom is 0.390 e. The third-order valence-corrected chi connectivity index (χ3v) is 2.84. The summed E-state index contributed by atoms with van der Waals surface area (Å²) in [6.45, 7) is 0. The molecule has 0 unspecified atom stereocenters. The molecule has 0 spiro atoms. The first-order valence-electron chi connectivity index (χ1n) is 5.38. The molecule has 0 bridgehead atoms. The van der Waals surface area contributed by atoms with Gasteiger partial charge in [-0.15, -0.1) is 0 Å². The van der Waals surface area contributed by atoms with Crippen LogP contribution in [-0.2, 0) is 0 Å². The van der Waals surface area contributed by atoms with Crippen molar-refractivity contribution in [2.45, 2.75) is 37.4 Å². The van der Waals surface area contributed by atoms with Gasteiger partial charge in [-0.2, -0.15) is 13.2 Å². The summed E-state index contributed by atoms with van der Waals surface area (Å²) >= 11 is 0. The van der Waals surface area contributed by atoms with Crippen LogP contribution in [0.3, 0.4) is 0 Å². The normalized spacial score (nSPS) is 18.5. The molecule has 2 N–H and O–H groups in total. The second kappa shape index (κ2) is 4.09. The molecule has 1 nitrogen and oxygen atoms in total. The highest BCUT2D eigenvalue weighted by molar-refractivity contribution is 5.30. The van der Waals surface area contributed by atoms with E-state index >= 15 is 0 Å². The number of nitrogens with two attached hydrogens (primary N) is 1. The smallest absolute Gasteiger partial charge is 0.324 e. The fraction of sp³-hybridized carbons (Fsp3) is 0.500. The molecule has 16 heavy (non-hydrogen) atoms. The predicted octanol–water partition coefficient (Wildman–Crippen LogP) is 3.52. The maximum absolute atomic E-state index is 12.2. The molecule has 1 aliphatic rings. The molecule has 1 fully saturated rings. The maximum atomic E-state index is 12.2.